The van der Waals surface area contributed by atoms with Gasteiger partial charge in [0.25, 0.3) is 0 Å². The zero-order valence-electron chi connectivity index (χ0n) is 22.5. The van der Waals surface area contributed by atoms with Gasteiger partial charge < -0.3 is 0 Å². The van der Waals surface area contributed by atoms with Crippen LogP contribution < -0.4 is 5.45 Å². The molecular formula is C25H46N6O4S2Si. The van der Waals surface area contributed by atoms with Crippen molar-refractivity contribution in [2.45, 2.75) is 60.2 Å². The van der Waals surface area contributed by atoms with Crippen molar-refractivity contribution in [3.8, 4) is 0 Å². The lowest BCUT2D eigenvalue weighted by molar-refractivity contribution is 0.510. The third-order valence-electron chi connectivity index (χ3n) is 6.30. The third kappa shape index (κ3) is 7.85. The van der Waals surface area contributed by atoms with Gasteiger partial charge in [0.15, 0.2) is 0 Å². The Kier molecular flexibility index (Phi) is 12.4. The minimum absolute atomic E-state index is 0. The topological polar surface area (TPSA) is 110 Å². The largest absolute Gasteiger partial charge is 0.308 e. The lowest BCUT2D eigenvalue weighted by Gasteiger charge is -2.36. The van der Waals surface area contributed by atoms with Crippen LogP contribution in [0.4, 0.5) is 0 Å². The van der Waals surface area contributed by atoms with Crippen molar-refractivity contribution in [1.82, 2.24) is 26.5 Å². The van der Waals surface area contributed by atoms with Crippen molar-refractivity contribution in [3.63, 3.8) is 0 Å². The number of hydrogen-bond donors (Lipinski definition) is 0. The summed E-state index contributed by atoms with van der Waals surface area (Å²) >= 11 is 0. The first kappa shape index (κ1) is 35.7. The Labute approximate surface area is 231 Å². The van der Waals surface area contributed by atoms with Crippen LogP contribution in [0.2, 0.25) is 18.1 Å². The molecule has 0 amide bonds. The molecule has 0 saturated heterocycles. The number of benzene rings is 1. The lowest BCUT2D eigenvalue weighted by atomic mass is 10.1. The van der Waals surface area contributed by atoms with Gasteiger partial charge in [-0.25, -0.2) is 17.9 Å². The second-order valence-electron chi connectivity index (χ2n) is 10.4. The Bertz CT molecular complexity index is 1340. The number of rotatable bonds is 7. The number of hydrogen-bond acceptors (Lipinski definition) is 6. The fourth-order valence-electron chi connectivity index (χ4n) is 2.98. The maximum absolute atomic E-state index is 12.9. The van der Waals surface area contributed by atoms with E-state index in [1.54, 1.807) is 20.3 Å². The smallest absolute Gasteiger partial charge is 0.244 e. The van der Waals surface area contributed by atoms with Crippen LogP contribution >= 0.6 is 0 Å². The van der Waals surface area contributed by atoms with Crippen LogP contribution in [0.25, 0.3) is 0 Å². The Morgan fingerprint density at radius 3 is 1.84 bits per heavy atom. The maximum Gasteiger partial charge on any atom is 0.308 e. The van der Waals surface area contributed by atoms with Crippen molar-refractivity contribution >= 4 is 33.9 Å². The van der Waals surface area contributed by atoms with Gasteiger partial charge in [-0.15, -0.1) is 0 Å². The molecule has 0 radical (unpaired) electrons. The molecule has 0 atom stereocenters. The fraction of sp³-hybridized carbons (Fsp3) is 0.520. The van der Waals surface area contributed by atoms with E-state index in [2.05, 4.69) is 38.8 Å². The molecule has 1 aromatic carbocycles. The van der Waals surface area contributed by atoms with Gasteiger partial charge in [-0.05, 0) is 10.6 Å². The van der Waals surface area contributed by atoms with Crippen molar-refractivity contribution in [2.24, 2.45) is 0 Å². The highest BCUT2D eigenvalue weighted by molar-refractivity contribution is 7.87. The van der Waals surface area contributed by atoms with Gasteiger partial charge in [0.05, 0.1) is 5.69 Å². The van der Waals surface area contributed by atoms with Crippen LogP contribution in [0.5, 0.6) is 0 Å². The molecule has 0 fully saturated rings. The fourth-order valence-corrected chi connectivity index (χ4v) is 7.34. The summed E-state index contributed by atoms with van der Waals surface area (Å²) in [4.78, 5) is 8.44. The van der Waals surface area contributed by atoms with Crippen LogP contribution in [0.3, 0.4) is 0 Å². The van der Waals surface area contributed by atoms with E-state index < -0.39 is 28.5 Å². The summed E-state index contributed by atoms with van der Waals surface area (Å²) < 4.78 is 53.0. The highest BCUT2D eigenvalue weighted by Crippen LogP contribution is 2.35. The molecule has 0 aliphatic heterocycles. The van der Waals surface area contributed by atoms with E-state index in [1.165, 1.54) is 41.1 Å². The maximum atomic E-state index is 12.9. The summed E-state index contributed by atoms with van der Waals surface area (Å²) in [5, 5.41) is -0.0120. The first-order valence-corrected chi connectivity index (χ1v) is 17.2. The predicted molar refractivity (Wildman–Crippen MR) is 160 cm³/mol. The van der Waals surface area contributed by atoms with E-state index in [0.29, 0.717) is 11.9 Å². The Balaban J connectivity index is 0.000000891. The van der Waals surface area contributed by atoms with Gasteiger partial charge >= 0.3 is 20.4 Å². The molecule has 2 aromatic heterocycles. The van der Waals surface area contributed by atoms with Crippen LogP contribution in [-0.4, -0.2) is 79.6 Å². The minimum atomic E-state index is -3.60. The average Bonchev–Trinajstić information content (AvgIpc) is 3.45. The SMILES string of the molecule is C.C.CN(C)S(=O)(=O)n1cc(Cc2ccccc2)nc1[Si](C)(C)C(C)(C)C.CN(C)S(=O)(=O)n1ccnc1. The average molecular weight is 587 g/mol. The molecule has 10 nitrogen and oxygen atoms in total. The number of nitrogens with zero attached hydrogens (tertiary/aromatic N) is 6. The highest BCUT2D eigenvalue weighted by atomic mass is 32.2. The van der Waals surface area contributed by atoms with Gasteiger partial charge in [0.1, 0.15) is 19.8 Å². The van der Waals surface area contributed by atoms with Crippen molar-refractivity contribution in [2.75, 3.05) is 28.2 Å². The predicted octanol–water partition coefficient (Wildman–Crippen LogP) is 3.65. The summed E-state index contributed by atoms with van der Waals surface area (Å²) in [6, 6.07) is 10.0. The molecule has 3 rings (SSSR count). The number of imidazole rings is 2. The van der Waals surface area contributed by atoms with E-state index in [9.17, 15) is 16.8 Å². The Morgan fingerprint density at radius 2 is 1.42 bits per heavy atom. The molecule has 38 heavy (non-hydrogen) atoms. The Hall–Kier alpha value is -2.32. The first-order chi connectivity index (χ1) is 16.4. The molecule has 0 unspecified atom stereocenters. The van der Waals surface area contributed by atoms with E-state index in [0.717, 1.165) is 19.5 Å². The summed E-state index contributed by atoms with van der Waals surface area (Å²) in [6.07, 6.45) is 6.36. The third-order valence-corrected chi connectivity index (χ3v) is 15.1. The molecule has 0 aliphatic rings. The molecule has 13 heteroatoms. The molecule has 0 aliphatic carbocycles. The molecule has 0 saturated carbocycles. The van der Waals surface area contributed by atoms with Crippen LogP contribution in [0.1, 0.15) is 46.9 Å². The zero-order chi connectivity index (χ0) is 27.5. The quantitative estimate of drug-likeness (QED) is 0.391. The van der Waals surface area contributed by atoms with Gasteiger partial charge in [0.2, 0.25) is 0 Å². The summed E-state index contributed by atoms with van der Waals surface area (Å²) in [5.74, 6) is 0. The molecule has 0 N–H and O–H groups in total. The molecule has 0 spiro atoms. The van der Waals surface area contributed by atoms with Crippen LogP contribution in [0, 0.1) is 0 Å². The van der Waals surface area contributed by atoms with Crippen molar-refractivity contribution in [3.05, 3.63) is 66.5 Å². The van der Waals surface area contributed by atoms with Crippen LogP contribution in [-0.2, 0) is 26.8 Å². The summed E-state index contributed by atoms with van der Waals surface area (Å²) in [5.41, 5.74) is 2.62. The lowest BCUT2D eigenvalue weighted by Crippen LogP contribution is -2.56. The van der Waals surface area contributed by atoms with Crippen molar-refractivity contribution < 1.29 is 16.8 Å². The van der Waals surface area contributed by atoms with Gasteiger partial charge in [0, 0.05) is 53.2 Å². The van der Waals surface area contributed by atoms with Gasteiger partial charge in [-0.2, -0.15) is 25.4 Å². The molecule has 216 valence electrons. The van der Waals surface area contributed by atoms with Gasteiger partial charge in [-0.3, -0.25) is 0 Å². The summed E-state index contributed by atoms with van der Waals surface area (Å²) in [6.45, 7) is 10.9. The van der Waals surface area contributed by atoms with E-state index in [-0.39, 0.29) is 19.9 Å². The van der Waals surface area contributed by atoms with Crippen LogP contribution in [0.15, 0.2) is 55.2 Å². The molecule has 0 bridgehead atoms. The second-order valence-corrected chi connectivity index (χ2v) is 19.6. The summed E-state index contributed by atoms with van der Waals surface area (Å²) in [7, 11) is -3.03. The first-order valence-electron chi connectivity index (χ1n) is 11.4. The minimum Gasteiger partial charge on any atom is -0.244 e. The zero-order valence-corrected chi connectivity index (χ0v) is 25.2. The monoisotopic (exact) mass is 586 g/mol. The molecule has 2 heterocycles. The standard InChI is InChI=1S/C18H29N3O2SSi.C5H9N3O2S.2CH4/c1-18(2,3)25(6,7)17-19-16(13-15-11-9-8-10-12-15)14-21(17)24(22,23)20(4)5;1-7(2)11(9,10)8-4-3-6-5-8;;/h8-12,14H,13H2,1-7H3;3-5H,1-2H3;2*1H4. The van der Waals surface area contributed by atoms with E-state index >= 15 is 0 Å². The molecular weight excluding hydrogens is 541 g/mol. The second kappa shape index (κ2) is 13.2. The van der Waals surface area contributed by atoms with Gasteiger partial charge in [-0.1, -0.05) is 79.1 Å². The van der Waals surface area contributed by atoms with E-state index in [4.69, 9.17) is 4.98 Å². The van der Waals surface area contributed by atoms with E-state index in [1.807, 2.05) is 30.3 Å². The number of aromatic nitrogens is 4. The van der Waals surface area contributed by atoms with Crippen molar-refractivity contribution in [1.29, 1.82) is 0 Å². The molecule has 3 aromatic rings. The normalized spacial score (nSPS) is 12.4. The Morgan fingerprint density at radius 1 is 0.895 bits per heavy atom. The highest BCUT2D eigenvalue weighted by Gasteiger charge is 2.43.